The van der Waals surface area contributed by atoms with E-state index in [1.54, 1.807) is 18.2 Å². The Morgan fingerprint density at radius 3 is 2.42 bits per heavy atom. The average Bonchev–Trinajstić information content (AvgIpc) is 3.29. The number of nitrogens with one attached hydrogen (secondary N) is 1. The summed E-state index contributed by atoms with van der Waals surface area (Å²) in [6.45, 7) is 1.74. The van der Waals surface area contributed by atoms with Gasteiger partial charge >= 0.3 is 0 Å². The van der Waals surface area contributed by atoms with Crippen LogP contribution in [0.15, 0.2) is 89.0 Å². The summed E-state index contributed by atoms with van der Waals surface area (Å²) < 4.78 is 13.3. The molecule has 5 rings (SSSR count). The highest BCUT2D eigenvalue weighted by Crippen LogP contribution is 2.25. The first kappa shape index (κ1) is 21.2. The predicted molar refractivity (Wildman–Crippen MR) is 129 cm³/mol. The second-order valence-electron chi connectivity index (χ2n) is 7.81. The van der Waals surface area contributed by atoms with E-state index < -0.39 is 0 Å². The van der Waals surface area contributed by atoms with Crippen LogP contribution in [0, 0.1) is 5.82 Å². The Labute approximate surface area is 194 Å². The van der Waals surface area contributed by atoms with Crippen molar-refractivity contribution in [3.05, 3.63) is 117 Å². The molecule has 0 bridgehead atoms. The molecule has 0 aliphatic rings. The lowest BCUT2D eigenvalue weighted by Crippen LogP contribution is -2.25. The first-order valence-corrected chi connectivity index (χ1v) is 11.5. The fourth-order valence-corrected chi connectivity index (χ4v) is 4.58. The van der Waals surface area contributed by atoms with E-state index in [9.17, 15) is 9.18 Å². The number of rotatable bonds is 7. The van der Waals surface area contributed by atoms with Crippen LogP contribution in [0.25, 0.3) is 21.5 Å². The van der Waals surface area contributed by atoms with Crippen molar-refractivity contribution in [3.63, 3.8) is 0 Å². The van der Waals surface area contributed by atoms with E-state index >= 15 is 0 Å². The topological polar surface area (TPSA) is 61.9 Å². The summed E-state index contributed by atoms with van der Waals surface area (Å²) in [7, 11) is 0. The number of halogens is 1. The zero-order chi connectivity index (χ0) is 22.6. The fourth-order valence-electron chi connectivity index (χ4n) is 3.76. The Hall–Kier alpha value is -3.68. The van der Waals surface area contributed by atoms with E-state index in [-0.39, 0.29) is 11.4 Å². The van der Waals surface area contributed by atoms with E-state index in [0.29, 0.717) is 36.4 Å². The Morgan fingerprint density at radius 2 is 1.61 bits per heavy atom. The predicted octanol–water partition coefficient (Wildman–Crippen LogP) is 5.39. The maximum absolute atomic E-state index is 13.3. The molecule has 7 heteroatoms. The zero-order valence-electron chi connectivity index (χ0n) is 17.7. The van der Waals surface area contributed by atoms with Gasteiger partial charge in [-0.25, -0.2) is 14.4 Å². The summed E-state index contributed by atoms with van der Waals surface area (Å²) in [4.78, 5) is 27.1. The Kier molecular flexibility index (Phi) is 6.06. The van der Waals surface area contributed by atoms with Crippen molar-refractivity contribution in [2.75, 3.05) is 0 Å². The number of hydrogen-bond acceptors (Lipinski definition) is 5. The number of fused-ring (bicyclic) bond motifs is 1. The molecule has 0 radical (unpaired) electrons. The number of hydrogen-bond donors (Lipinski definition) is 1. The number of H-pyrrole nitrogens is 1. The van der Waals surface area contributed by atoms with Gasteiger partial charge in [-0.05, 0) is 42.0 Å². The van der Waals surface area contributed by atoms with Crippen LogP contribution in [-0.4, -0.2) is 19.9 Å². The quantitative estimate of drug-likeness (QED) is 0.357. The van der Waals surface area contributed by atoms with Gasteiger partial charge in [-0.2, -0.15) is 0 Å². The molecule has 2 heterocycles. The highest BCUT2D eigenvalue weighted by molar-refractivity contribution is 7.13. The molecule has 5 nitrogen and oxygen atoms in total. The van der Waals surface area contributed by atoms with E-state index in [4.69, 9.17) is 4.98 Å². The van der Waals surface area contributed by atoms with Crippen LogP contribution in [0.3, 0.4) is 0 Å². The first-order valence-electron chi connectivity index (χ1n) is 10.6. The van der Waals surface area contributed by atoms with Gasteiger partial charge in [-0.3, -0.25) is 9.69 Å². The standard InChI is InChI=1S/C26H21FN4OS/c27-20-12-10-19(11-13-20)26-28-21(17-33-26)15-31(14-18-6-2-1-3-7-18)16-24-29-23-9-5-4-8-22(23)25(32)30-24/h1-13,17H,14-16H2,(H,29,30,32). The number of para-hydroxylation sites is 1. The molecule has 0 unspecified atom stereocenters. The smallest absolute Gasteiger partial charge is 0.258 e. The first-order chi connectivity index (χ1) is 16.1. The zero-order valence-corrected chi connectivity index (χ0v) is 18.6. The van der Waals surface area contributed by atoms with Gasteiger partial charge in [-0.15, -0.1) is 11.3 Å². The molecule has 0 atom stereocenters. The monoisotopic (exact) mass is 456 g/mol. The highest BCUT2D eigenvalue weighted by Gasteiger charge is 2.14. The third-order valence-electron chi connectivity index (χ3n) is 5.31. The molecule has 2 aromatic heterocycles. The Bertz CT molecular complexity index is 1430. The summed E-state index contributed by atoms with van der Waals surface area (Å²) in [6, 6.07) is 23.9. The van der Waals surface area contributed by atoms with Gasteiger partial charge in [0.25, 0.3) is 5.56 Å². The molecule has 1 N–H and O–H groups in total. The number of aromatic amines is 1. The van der Waals surface area contributed by atoms with E-state index in [1.807, 2.05) is 41.8 Å². The lowest BCUT2D eigenvalue weighted by molar-refractivity contribution is 0.239. The van der Waals surface area contributed by atoms with Crippen LogP contribution in [0.5, 0.6) is 0 Å². The van der Waals surface area contributed by atoms with Crippen LogP contribution in [0.4, 0.5) is 4.39 Å². The van der Waals surface area contributed by atoms with Crippen LogP contribution < -0.4 is 5.56 Å². The fraction of sp³-hybridized carbons (Fsp3) is 0.115. The average molecular weight is 457 g/mol. The van der Waals surface area contributed by atoms with Gasteiger partial charge in [0, 0.05) is 24.0 Å². The molecular weight excluding hydrogens is 435 g/mol. The van der Waals surface area contributed by atoms with E-state index in [0.717, 1.165) is 21.8 Å². The highest BCUT2D eigenvalue weighted by atomic mass is 32.1. The summed E-state index contributed by atoms with van der Waals surface area (Å²) in [5, 5.41) is 3.45. The van der Waals surface area contributed by atoms with Gasteiger partial charge in [0.1, 0.15) is 16.6 Å². The van der Waals surface area contributed by atoms with Crippen molar-refractivity contribution in [2.24, 2.45) is 0 Å². The third kappa shape index (κ3) is 5.05. The minimum absolute atomic E-state index is 0.137. The van der Waals surface area contributed by atoms with Crippen molar-refractivity contribution in [3.8, 4) is 10.6 Å². The van der Waals surface area contributed by atoms with Crippen molar-refractivity contribution in [1.82, 2.24) is 19.9 Å². The Balaban J connectivity index is 1.41. The lowest BCUT2D eigenvalue weighted by atomic mass is 10.2. The van der Waals surface area contributed by atoms with E-state index in [2.05, 4.69) is 27.0 Å². The molecule has 0 saturated heterocycles. The molecule has 0 spiro atoms. The van der Waals surface area contributed by atoms with Crippen molar-refractivity contribution in [2.45, 2.75) is 19.6 Å². The van der Waals surface area contributed by atoms with Crippen molar-refractivity contribution < 1.29 is 4.39 Å². The molecule has 0 fully saturated rings. The lowest BCUT2D eigenvalue weighted by Gasteiger charge is -2.21. The van der Waals surface area contributed by atoms with E-state index in [1.165, 1.54) is 23.5 Å². The summed E-state index contributed by atoms with van der Waals surface area (Å²) in [6.07, 6.45) is 0. The number of aromatic nitrogens is 3. The molecule has 0 amide bonds. The van der Waals surface area contributed by atoms with Gasteiger partial charge in [-0.1, -0.05) is 42.5 Å². The summed E-state index contributed by atoms with van der Waals surface area (Å²) >= 11 is 1.53. The van der Waals surface area contributed by atoms with Crippen molar-refractivity contribution >= 4 is 22.2 Å². The van der Waals surface area contributed by atoms with Crippen LogP contribution in [-0.2, 0) is 19.6 Å². The molecular formula is C26H21FN4OS. The summed E-state index contributed by atoms with van der Waals surface area (Å²) in [5.41, 5.74) is 3.52. The maximum atomic E-state index is 13.3. The van der Waals surface area contributed by atoms with Gasteiger partial charge in [0.15, 0.2) is 0 Å². The molecule has 0 aliphatic carbocycles. The maximum Gasteiger partial charge on any atom is 0.258 e. The molecule has 33 heavy (non-hydrogen) atoms. The largest absolute Gasteiger partial charge is 0.309 e. The SMILES string of the molecule is O=c1[nH]c(CN(Cc2ccccc2)Cc2csc(-c3ccc(F)cc3)n2)nc2ccccc12. The summed E-state index contributed by atoms with van der Waals surface area (Å²) in [5.74, 6) is 0.352. The molecule has 0 aliphatic heterocycles. The van der Waals surface area contributed by atoms with Gasteiger partial charge in [0.2, 0.25) is 0 Å². The van der Waals surface area contributed by atoms with Crippen LogP contribution >= 0.6 is 11.3 Å². The second-order valence-corrected chi connectivity index (χ2v) is 8.67. The Morgan fingerprint density at radius 1 is 0.848 bits per heavy atom. The number of benzene rings is 3. The number of thiazole rings is 1. The van der Waals surface area contributed by atoms with Crippen LogP contribution in [0.2, 0.25) is 0 Å². The third-order valence-corrected chi connectivity index (χ3v) is 6.25. The normalized spacial score (nSPS) is 11.3. The molecule has 5 aromatic rings. The molecule has 3 aromatic carbocycles. The van der Waals surface area contributed by atoms with Crippen LogP contribution in [0.1, 0.15) is 17.1 Å². The minimum atomic E-state index is -0.263. The van der Waals surface area contributed by atoms with Crippen molar-refractivity contribution in [1.29, 1.82) is 0 Å². The number of nitrogens with zero attached hydrogens (tertiary/aromatic N) is 3. The van der Waals surface area contributed by atoms with Gasteiger partial charge < -0.3 is 4.98 Å². The van der Waals surface area contributed by atoms with Gasteiger partial charge in [0.05, 0.1) is 23.1 Å². The molecule has 164 valence electrons. The molecule has 0 saturated carbocycles. The second kappa shape index (κ2) is 9.44. The minimum Gasteiger partial charge on any atom is -0.309 e.